The maximum Gasteiger partial charge on any atom is 0.230 e. The summed E-state index contributed by atoms with van der Waals surface area (Å²) in [4.78, 5) is 11.9. The number of aromatic nitrogens is 2. The summed E-state index contributed by atoms with van der Waals surface area (Å²) in [5, 5.41) is 13.7. The number of halogens is 1. The van der Waals surface area contributed by atoms with E-state index in [2.05, 4.69) is 27.8 Å². The van der Waals surface area contributed by atoms with Gasteiger partial charge in [0.15, 0.2) is 11.0 Å². The zero-order valence-corrected chi connectivity index (χ0v) is 9.66. The van der Waals surface area contributed by atoms with Crippen molar-refractivity contribution in [1.29, 1.82) is 0 Å². The number of amides is 1. The van der Waals surface area contributed by atoms with Crippen molar-refractivity contribution in [1.82, 2.24) is 15.5 Å². The zero-order chi connectivity index (χ0) is 11.5. The molecule has 2 rings (SSSR count). The summed E-state index contributed by atoms with van der Waals surface area (Å²) < 4.78 is 0. The van der Waals surface area contributed by atoms with Crippen LogP contribution in [0.5, 0.6) is 0 Å². The number of nitrogens with one attached hydrogen (secondary N) is 2. The van der Waals surface area contributed by atoms with Crippen molar-refractivity contribution in [2.45, 2.75) is 6.92 Å². The summed E-state index contributed by atoms with van der Waals surface area (Å²) in [6, 6.07) is 3.24. The van der Waals surface area contributed by atoms with Crippen molar-refractivity contribution >= 4 is 23.3 Å². The quantitative estimate of drug-likeness (QED) is 0.807. The van der Waals surface area contributed by atoms with Crippen molar-refractivity contribution in [3.63, 3.8) is 0 Å². The number of hydrogen-bond donors (Lipinski definition) is 2. The molecule has 86 valence electrons. The van der Waals surface area contributed by atoms with Crippen molar-refractivity contribution in [2.75, 3.05) is 18.4 Å². The molecule has 1 aliphatic heterocycles. The van der Waals surface area contributed by atoms with Gasteiger partial charge in [-0.1, -0.05) is 18.5 Å². The van der Waals surface area contributed by atoms with Crippen LogP contribution in [0, 0.1) is 11.8 Å². The molecule has 0 bridgehead atoms. The van der Waals surface area contributed by atoms with Gasteiger partial charge in [0.1, 0.15) is 0 Å². The highest BCUT2D eigenvalue weighted by Gasteiger charge is 2.29. The molecule has 0 saturated carbocycles. The lowest BCUT2D eigenvalue weighted by atomic mass is 9.97. The number of hydrogen-bond acceptors (Lipinski definition) is 4. The Morgan fingerprint density at radius 3 is 2.88 bits per heavy atom. The topological polar surface area (TPSA) is 66.9 Å². The van der Waals surface area contributed by atoms with Crippen LogP contribution in [0.3, 0.4) is 0 Å². The molecule has 2 atom stereocenters. The standard InChI is InChI=1S/C10H13ClN4O/c1-6-4-12-5-7(6)10(16)13-9-3-2-8(11)14-15-9/h2-3,6-7,12H,4-5H2,1H3,(H,13,15,16). The Labute approximate surface area is 98.6 Å². The van der Waals surface area contributed by atoms with Crippen molar-refractivity contribution < 1.29 is 4.79 Å². The van der Waals surface area contributed by atoms with Gasteiger partial charge in [0, 0.05) is 6.54 Å². The Bertz CT molecular complexity index is 381. The average Bonchev–Trinajstić information content (AvgIpc) is 2.68. The number of anilines is 1. The molecule has 16 heavy (non-hydrogen) atoms. The van der Waals surface area contributed by atoms with Gasteiger partial charge in [0.05, 0.1) is 5.92 Å². The average molecular weight is 241 g/mol. The third-order valence-corrected chi connectivity index (χ3v) is 2.94. The van der Waals surface area contributed by atoms with E-state index >= 15 is 0 Å². The molecular weight excluding hydrogens is 228 g/mol. The Hall–Kier alpha value is -1.20. The molecule has 1 fully saturated rings. The number of carbonyl (C=O) groups excluding carboxylic acids is 1. The summed E-state index contributed by atoms with van der Waals surface area (Å²) in [7, 11) is 0. The largest absolute Gasteiger partial charge is 0.316 e. The SMILES string of the molecule is CC1CNCC1C(=O)Nc1ccc(Cl)nn1. The maximum atomic E-state index is 11.9. The Morgan fingerprint density at radius 1 is 1.50 bits per heavy atom. The van der Waals surface area contributed by atoms with Crippen molar-refractivity contribution in [2.24, 2.45) is 11.8 Å². The van der Waals surface area contributed by atoms with E-state index in [-0.39, 0.29) is 11.8 Å². The minimum Gasteiger partial charge on any atom is -0.316 e. The summed E-state index contributed by atoms with van der Waals surface area (Å²) in [5.74, 6) is 0.764. The molecule has 0 aromatic carbocycles. The van der Waals surface area contributed by atoms with Crippen LogP contribution >= 0.6 is 11.6 Å². The van der Waals surface area contributed by atoms with Crippen LogP contribution < -0.4 is 10.6 Å². The van der Waals surface area contributed by atoms with E-state index in [1.54, 1.807) is 12.1 Å². The smallest absolute Gasteiger partial charge is 0.230 e. The molecule has 1 saturated heterocycles. The predicted octanol–water partition coefficient (Wildman–Crippen LogP) is 0.924. The van der Waals surface area contributed by atoms with Gasteiger partial charge in [0.2, 0.25) is 5.91 Å². The molecule has 1 aromatic rings. The molecule has 2 unspecified atom stereocenters. The summed E-state index contributed by atoms with van der Waals surface area (Å²) in [6.45, 7) is 3.65. The summed E-state index contributed by atoms with van der Waals surface area (Å²) in [5.41, 5.74) is 0. The molecule has 6 heteroatoms. The highest BCUT2D eigenvalue weighted by Crippen LogP contribution is 2.17. The summed E-state index contributed by atoms with van der Waals surface area (Å²) in [6.07, 6.45) is 0. The lowest BCUT2D eigenvalue weighted by Crippen LogP contribution is -2.28. The van der Waals surface area contributed by atoms with Crippen LogP contribution in [0.25, 0.3) is 0 Å². The molecule has 2 heterocycles. The highest BCUT2D eigenvalue weighted by molar-refractivity contribution is 6.29. The molecule has 2 N–H and O–H groups in total. The zero-order valence-electron chi connectivity index (χ0n) is 8.90. The van der Waals surface area contributed by atoms with Gasteiger partial charge in [-0.15, -0.1) is 10.2 Å². The first-order valence-corrected chi connectivity index (χ1v) is 5.55. The van der Waals surface area contributed by atoms with E-state index in [4.69, 9.17) is 11.6 Å². The molecule has 0 aliphatic carbocycles. The Kier molecular flexibility index (Phi) is 3.36. The lowest BCUT2D eigenvalue weighted by molar-refractivity contribution is -0.120. The fraction of sp³-hybridized carbons (Fsp3) is 0.500. The number of rotatable bonds is 2. The molecule has 1 aromatic heterocycles. The number of nitrogens with zero attached hydrogens (tertiary/aromatic N) is 2. The van der Waals surface area contributed by atoms with Crippen LogP contribution in [-0.2, 0) is 4.79 Å². The van der Waals surface area contributed by atoms with Crippen molar-refractivity contribution in [3.05, 3.63) is 17.3 Å². The third kappa shape index (κ3) is 2.48. The maximum absolute atomic E-state index is 11.9. The van der Waals surface area contributed by atoms with Crippen LogP contribution in [0.4, 0.5) is 5.82 Å². The van der Waals surface area contributed by atoms with Gasteiger partial charge < -0.3 is 10.6 Å². The molecular formula is C10H13ClN4O. The molecule has 5 nitrogen and oxygen atoms in total. The van der Waals surface area contributed by atoms with Crippen molar-refractivity contribution in [3.8, 4) is 0 Å². The first-order chi connectivity index (χ1) is 7.66. The molecule has 1 aliphatic rings. The first kappa shape index (κ1) is 11.3. The van der Waals surface area contributed by atoms with E-state index in [0.717, 1.165) is 6.54 Å². The third-order valence-electron chi connectivity index (χ3n) is 2.74. The molecule has 0 spiro atoms. The van der Waals surface area contributed by atoms with Gasteiger partial charge in [0.25, 0.3) is 0 Å². The molecule has 0 radical (unpaired) electrons. The Morgan fingerprint density at radius 2 is 2.31 bits per heavy atom. The monoisotopic (exact) mass is 240 g/mol. The minimum absolute atomic E-state index is 0.00234. The second kappa shape index (κ2) is 4.76. The Balaban J connectivity index is 1.99. The predicted molar refractivity (Wildman–Crippen MR) is 61.2 cm³/mol. The van der Waals surface area contributed by atoms with Crippen LogP contribution in [0.15, 0.2) is 12.1 Å². The van der Waals surface area contributed by atoms with Crippen LogP contribution in [0.1, 0.15) is 6.92 Å². The van der Waals surface area contributed by atoms with Crippen LogP contribution in [0.2, 0.25) is 5.15 Å². The van der Waals surface area contributed by atoms with Gasteiger partial charge in [-0.05, 0) is 24.6 Å². The van der Waals surface area contributed by atoms with E-state index < -0.39 is 0 Å². The highest BCUT2D eigenvalue weighted by atomic mass is 35.5. The fourth-order valence-electron chi connectivity index (χ4n) is 1.76. The van der Waals surface area contributed by atoms with E-state index in [9.17, 15) is 4.79 Å². The minimum atomic E-state index is -0.0193. The number of carbonyl (C=O) groups is 1. The van der Waals surface area contributed by atoms with Gasteiger partial charge in [-0.3, -0.25) is 4.79 Å². The second-order valence-electron chi connectivity index (χ2n) is 3.97. The lowest BCUT2D eigenvalue weighted by Gasteiger charge is -2.13. The summed E-state index contributed by atoms with van der Waals surface area (Å²) >= 11 is 5.60. The van der Waals surface area contributed by atoms with Crippen LogP contribution in [-0.4, -0.2) is 29.2 Å². The van der Waals surface area contributed by atoms with E-state index in [1.807, 2.05) is 0 Å². The second-order valence-corrected chi connectivity index (χ2v) is 4.36. The van der Waals surface area contributed by atoms with Gasteiger partial charge >= 0.3 is 0 Å². The first-order valence-electron chi connectivity index (χ1n) is 5.17. The fourth-order valence-corrected chi connectivity index (χ4v) is 1.86. The van der Waals surface area contributed by atoms with E-state index in [0.29, 0.717) is 23.4 Å². The van der Waals surface area contributed by atoms with Gasteiger partial charge in [-0.25, -0.2) is 0 Å². The van der Waals surface area contributed by atoms with Gasteiger partial charge in [-0.2, -0.15) is 0 Å². The normalized spacial score (nSPS) is 24.4. The van der Waals surface area contributed by atoms with E-state index in [1.165, 1.54) is 0 Å². The molecule has 1 amide bonds.